The summed E-state index contributed by atoms with van der Waals surface area (Å²) in [7, 11) is 2.95. The third-order valence-electron chi connectivity index (χ3n) is 6.93. The SMILES string of the molecule is CNC(=O)CN(CC(=O)NC)C(=O)C(C)(C)CCOC(C)(C)CCNC(=O)c1cc(C)cc(C(=O)NCCC(C)C)c1. The molecule has 42 heavy (non-hydrogen) atoms. The van der Waals surface area contributed by atoms with E-state index >= 15 is 0 Å². The van der Waals surface area contributed by atoms with Crippen molar-refractivity contribution in [2.75, 3.05) is 46.9 Å². The molecule has 0 radical (unpaired) electrons. The molecule has 1 rings (SSSR count). The molecule has 0 fully saturated rings. The molecule has 0 bridgehead atoms. The number of nitrogens with one attached hydrogen (secondary N) is 4. The number of aryl methyl sites for hydroxylation is 1. The maximum Gasteiger partial charge on any atom is 0.251 e. The van der Waals surface area contributed by atoms with Gasteiger partial charge in [0.15, 0.2) is 0 Å². The zero-order valence-electron chi connectivity index (χ0n) is 26.9. The van der Waals surface area contributed by atoms with Crippen molar-refractivity contribution >= 4 is 29.5 Å². The van der Waals surface area contributed by atoms with E-state index in [9.17, 15) is 24.0 Å². The summed E-state index contributed by atoms with van der Waals surface area (Å²) in [5, 5.41) is 10.8. The Morgan fingerprint density at radius 3 is 1.79 bits per heavy atom. The largest absolute Gasteiger partial charge is 0.375 e. The van der Waals surface area contributed by atoms with Crippen LogP contribution in [0.3, 0.4) is 0 Å². The molecule has 0 unspecified atom stereocenters. The monoisotopic (exact) mass is 589 g/mol. The van der Waals surface area contributed by atoms with Crippen molar-refractivity contribution in [1.82, 2.24) is 26.2 Å². The van der Waals surface area contributed by atoms with Crippen LogP contribution in [-0.2, 0) is 19.1 Å². The Hall–Kier alpha value is -3.47. The smallest absolute Gasteiger partial charge is 0.251 e. The number of carbonyl (C=O) groups is 5. The molecule has 0 spiro atoms. The topological polar surface area (TPSA) is 146 Å². The van der Waals surface area contributed by atoms with Crippen molar-refractivity contribution in [3.05, 3.63) is 34.9 Å². The molecule has 0 aliphatic rings. The van der Waals surface area contributed by atoms with Crippen molar-refractivity contribution in [3.8, 4) is 0 Å². The lowest BCUT2D eigenvalue weighted by molar-refractivity contribution is -0.147. The summed E-state index contributed by atoms with van der Waals surface area (Å²) in [6, 6.07) is 5.12. The van der Waals surface area contributed by atoms with Gasteiger partial charge in [0.2, 0.25) is 17.7 Å². The fraction of sp³-hybridized carbons (Fsp3) is 0.645. The molecule has 0 heterocycles. The van der Waals surface area contributed by atoms with Gasteiger partial charge in [0.25, 0.3) is 11.8 Å². The molecule has 0 aromatic heterocycles. The summed E-state index contributed by atoms with van der Waals surface area (Å²) in [6.07, 6.45) is 1.76. The van der Waals surface area contributed by atoms with E-state index in [4.69, 9.17) is 4.74 Å². The lowest BCUT2D eigenvalue weighted by Crippen LogP contribution is -2.49. The van der Waals surface area contributed by atoms with Crippen molar-refractivity contribution in [3.63, 3.8) is 0 Å². The Labute approximate surface area is 250 Å². The highest BCUT2D eigenvalue weighted by Crippen LogP contribution is 2.25. The van der Waals surface area contributed by atoms with Gasteiger partial charge in [-0.3, -0.25) is 24.0 Å². The Morgan fingerprint density at radius 1 is 0.810 bits per heavy atom. The third-order valence-corrected chi connectivity index (χ3v) is 6.93. The van der Waals surface area contributed by atoms with Crippen LogP contribution >= 0.6 is 0 Å². The van der Waals surface area contributed by atoms with E-state index in [0.29, 0.717) is 43.0 Å². The van der Waals surface area contributed by atoms with Gasteiger partial charge in [0, 0.05) is 50.3 Å². The van der Waals surface area contributed by atoms with E-state index < -0.39 is 11.0 Å². The van der Waals surface area contributed by atoms with E-state index in [1.165, 1.54) is 19.0 Å². The van der Waals surface area contributed by atoms with Gasteiger partial charge in [-0.25, -0.2) is 0 Å². The number of amides is 5. The molecule has 1 aromatic rings. The average Bonchev–Trinajstić information content (AvgIpc) is 2.90. The molecule has 11 nitrogen and oxygen atoms in total. The van der Waals surface area contributed by atoms with Gasteiger partial charge < -0.3 is 30.9 Å². The van der Waals surface area contributed by atoms with Crippen LogP contribution < -0.4 is 21.3 Å². The fourth-order valence-electron chi connectivity index (χ4n) is 4.09. The molecule has 11 heteroatoms. The maximum atomic E-state index is 13.2. The summed E-state index contributed by atoms with van der Waals surface area (Å²) in [5.41, 5.74) is 0.220. The standard InChI is InChI=1S/C31H51N5O6/c1-21(2)10-13-34-27(39)23-16-22(3)17-24(18-23)28(40)35-14-11-31(6,7)42-15-12-30(4,5)29(41)36(19-25(37)32-8)20-26(38)33-9/h16-18,21H,10-15,19-20H2,1-9H3,(H,32,37)(H,33,38)(H,34,39)(H,35,40). The molecule has 236 valence electrons. The summed E-state index contributed by atoms with van der Waals surface area (Å²) < 4.78 is 6.08. The first kappa shape index (κ1) is 36.6. The van der Waals surface area contributed by atoms with Gasteiger partial charge in [-0.1, -0.05) is 27.7 Å². The second-order valence-electron chi connectivity index (χ2n) is 12.3. The molecular formula is C31H51N5O6. The second-order valence-corrected chi connectivity index (χ2v) is 12.3. The summed E-state index contributed by atoms with van der Waals surface area (Å²) in [4.78, 5) is 63.7. The number of benzene rings is 1. The number of rotatable bonds is 17. The maximum absolute atomic E-state index is 13.2. The molecule has 0 saturated carbocycles. The van der Waals surface area contributed by atoms with E-state index in [-0.39, 0.29) is 49.2 Å². The fourth-order valence-corrected chi connectivity index (χ4v) is 4.09. The summed E-state index contributed by atoms with van der Waals surface area (Å²) in [5.74, 6) is -1.05. The van der Waals surface area contributed by atoms with Crippen LogP contribution in [0.5, 0.6) is 0 Å². The van der Waals surface area contributed by atoms with Crippen LogP contribution in [0.15, 0.2) is 18.2 Å². The van der Waals surface area contributed by atoms with E-state index in [0.717, 1.165) is 12.0 Å². The van der Waals surface area contributed by atoms with Crippen LogP contribution in [0.1, 0.15) is 87.1 Å². The lowest BCUT2D eigenvalue weighted by Gasteiger charge is -2.32. The Balaban J connectivity index is 2.67. The average molecular weight is 590 g/mol. The minimum atomic E-state index is -0.879. The first-order valence-electron chi connectivity index (χ1n) is 14.5. The first-order valence-corrected chi connectivity index (χ1v) is 14.5. The predicted octanol–water partition coefficient (Wildman–Crippen LogP) is 2.42. The van der Waals surface area contributed by atoms with Gasteiger partial charge >= 0.3 is 0 Å². The molecule has 0 atom stereocenters. The second kappa shape index (κ2) is 16.8. The number of carbonyl (C=O) groups excluding carboxylic acids is 5. The van der Waals surface area contributed by atoms with Crippen LogP contribution in [0.2, 0.25) is 0 Å². The lowest BCUT2D eigenvalue weighted by atomic mass is 9.87. The van der Waals surface area contributed by atoms with Crippen molar-refractivity contribution in [2.24, 2.45) is 11.3 Å². The van der Waals surface area contributed by atoms with Crippen LogP contribution in [0.4, 0.5) is 0 Å². The first-order chi connectivity index (χ1) is 19.5. The van der Waals surface area contributed by atoms with Gasteiger partial charge in [0.05, 0.1) is 5.60 Å². The molecule has 1 aromatic carbocycles. The third kappa shape index (κ3) is 13.0. The molecule has 4 N–H and O–H groups in total. The molecule has 0 saturated heterocycles. The van der Waals surface area contributed by atoms with Gasteiger partial charge in [0.1, 0.15) is 13.1 Å². The Bertz CT molecular complexity index is 1080. The van der Waals surface area contributed by atoms with Crippen molar-refractivity contribution in [2.45, 2.75) is 73.3 Å². The molecular weight excluding hydrogens is 538 g/mol. The molecule has 5 amide bonds. The minimum absolute atomic E-state index is 0.199. The van der Waals surface area contributed by atoms with Crippen LogP contribution in [0, 0.1) is 18.3 Å². The summed E-state index contributed by atoms with van der Waals surface area (Å²) >= 11 is 0. The van der Waals surface area contributed by atoms with Crippen molar-refractivity contribution in [1.29, 1.82) is 0 Å². The zero-order valence-corrected chi connectivity index (χ0v) is 26.9. The van der Waals surface area contributed by atoms with Crippen molar-refractivity contribution < 1.29 is 28.7 Å². The molecule has 0 aliphatic heterocycles. The van der Waals surface area contributed by atoms with Gasteiger partial charge in [-0.05, 0) is 69.7 Å². The van der Waals surface area contributed by atoms with Crippen LogP contribution in [-0.4, -0.2) is 86.9 Å². The predicted molar refractivity (Wildman–Crippen MR) is 163 cm³/mol. The number of likely N-dealkylation sites (N-methyl/N-ethyl adjacent to an activating group) is 2. The highest BCUT2D eigenvalue weighted by Gasteiger charge is 2.34. The number of hydrogen-bond acceptors (Lipinski definition) is 6. The highest BCUT2D eigenvalue weighted by atomic mass is 16.5. The highest BCUT2D eigenvalue weighted by molar-refractivity contribution is 6.00. The van der Waals surface area contributed by atoms with Gasteiger partial charge in [-0.15, -0.1) is 0 Å². The van der Waals surface area contributed by atoms with E-state index in [1.807, 2.05) is 20.8 Å². The van der Waals surface area contributed by atoms with E-state index in [1.54, 1.807) is 32.0 Å². The number of hydrogen-bond donors (Lipinski definition) is 4. The minimum Gasteiger partial charge on any atom is -0.375 e. The quantitative estimate of drug-likeness (QED) is 0.220. The van der Waals surface area contributed by atoms with Crippen LogP contribution in [0.25, 0.3) is 0 Å². The zero-order chi connectivity index (χ0) is 32.1. The normalized spacial score (nSPS) is 11.6. The number of nitrogens with zero attached hydrogens (tertiary/aromatic N) is 1. The number of ether oxygens (including phenoxy) is 1. The van der Waals surface area contributed by atoms with E-state index in [2.05, 4.69) is 35.1 Å². The summed E-state index contributed by atoms with van der Waals surface area (Å²) in [6.45, 7) is 14.1. The molecule has 0 aliphatic carbocycles. The Morgan fingerprint density at radius 2 is 1.31 bits per heavy atom. The Kier molecular flexibility index (Phi) is 14.7. The van der Waals surface area contributed by atoms with Gasteiger partial charge in [-0.2, -0.15) is 0 Å².